The Bertz CT molecular complexity index is 729. The Kier molecular flexibility index (Phi) is 4.70. The van der Waals surface area contributed by atoms with Gasteiger partial charge in [-0.3, -0.25) is 4.79 Å². The van der Waals surface area contributed by atoms with Crippen molar-refractivity contribution < 1.29 is 14.3 Å². The largest absolute Gasteiger partial charge is 0.384 e. The van der Waals surface area contributed by atoms with Gasteiger partial charge in [-0.25, -0.2) is 4.39 Å². The molecule has 3 nitrogen and oxygen atoms in total. The molecular formula is C17H14FNO2. The molecule has 0 aliphatic rings. The van der Waals surface area contributed by atoms with Gasteiger partial charge in [-0.05, 0) is 42.8 Å². The summed E-state index contributed by atoms with van der Waals surface area (Å²) in [6.07, 6.45) is 0. The van der Waals surface area contributed by atoms with Crippen molar-refractivity contribution in [3.05, 3.63) is 65.0 Å². The Morgan fingerprint density at radius 2 is 2.05 bits per heavy atom. The number of amides is 1. The molecule has 0 saturated heterocycles. The summed E-state index contributed by atoms with van der Waals surface area (Å²) in [5, 5.41) is 11.5. The first-order valence-electron chi connectivity index (χ1n) is 6.38. The van der Waals surface area contributed by atoms with Crippen molar-refractivity contribution in [1.82, 2.24) is 0 Å². The van der Waals surface area contributed by atoms with Crippen molar-refractivity contribution >= 4 is 11.6 Å². The van der Waals surface area contributed by atoms with E-state index in [4.69, 9.17) is 5.11 Å². The molecule has 0 unspecified atom stereocenters. The molecule has 0 radical (unpaired) electrons. The number of aliphatic hydroxyl groups is 1. The third kappa shape index (κ3) is 3.68. The zero-order valence-electron chi connectivity index (χ0n) is 11.5. The normalized spacial score (nSPS) is 9.67. The van der Waals surface area contributed by atoms with Crippen molar-refractivity contribution in [1.29, 1.82) is 0 Å². The van der Waals surface area contributed by atoms with Crippen LogP contribution < -0.4 is 5.32 Å². The van der Waals surface area contributed by atoms with Crippen LogP contribution in [0.25, 0.3) is 0 Å². The summed E-state index contributed by atoms with van der Waals surface area (Å²) in [6, 6.07) is 11.2. The molecule has 0 atom stereocenters. The highest BCUT2D eigenvalue weighted by Gasteiger charge is 2.09. The summed E-state index contributed by atoms with van der Waals surface area (Å²) in [7, 11) is 0. The summed E-state index contributed by atoms with van der Waals surface area (Å²) in [4.78, 5) is 12.2. The number of hydrogen-bond acceptors (Lipinski definition) is 2. The molecule has 2 N–H and O–H groups in total. The number of aliphatic hydroxyl groups excluding tert-OH is 1. The molecule has 1 amide bonds. The van der Waals surface area contributed by atoms with Crippen LogP contribution >= 0.6 is 0 Å². The van der Waals surface area contributed by atoms with Gasteiger partial charge in [0.15, 0.2) is 0 Å². The molecule has 0 saturated carbocycles. The minimum Gasteiger partial charge on any atom is -0.384 e. The van der Waals surface area contributed by atoms with Crippen LogP contribution in [0.5, 0.6) is 0 Å². The van der Waals surface area contributed by atoms with Crippen LogP contribution in [0.3, 0.4) is 0 Å². The predicted octanol–water partition coefficient (Wildman–Crippen LogP) is 2.73. The first kappa shape index (κ1) is 14.8. The van der Waals surface area contributed by atoms with E-state index in [1.165, 1.54) is 18.2 Å². The molecule has 0 spiro atoms. The van der Waals surface area contributed by atoms with Crippen LogP contribution in [0.2, 0.25) is 0 Å². The second-order valence-corrected chi connectivity index (χ2v) is 4.42. The van der Waals surface area contributed by atoms with Gasteiger partial charge < -0.3 is 10.4 Å². The Morgan fingerprint density at radius 1 is 1.29 bits per heavy atom. The maximum Gasteiger partial charge on any atom is 0.255 e. The second-order valence-electron chi connectivity index (χ2n) is 4.42. The molecule has 0 aliphatic heterocycles. The fourth-order valence-corrected chi connectivity index (χ4v) is 1.82. The Balaban J connectivity index is 2.25. The van der Waals surface area contributed by atoms with E-state index in [9.17, 15) is 9.18 Å². The highest BCUT2D eigenvalue weighted by Crippen LogP contribution is 2.16. The van der Waals surface area contributed by atoms with Crippen LogP contribution in [0, 0.1) is 24.6 Å². The van der Waals surface area contributed by atoms with Crippen LogP contribution in [0.15, 0.2) is 42.5 Å². The van der Waals surface area contributed by atoms with E-state index >= 15 is 0 Å². The average Bonchev–Trinajstić information content (AvgIpc) is 2.49. The topological polar surface area (TPSA) is 49.3 Å². The van der Waals surface area contributed by atoms with E-state index in [0.717, 1.165) is 0 Å². The molecule has 2 aromatic rings. The number of aryl methyl sites for hydroxylation is 1. The number of hydrogen-bond donors (Lipinski definition) is 2. The lowest BCUT2D eigenvalue weighted by atomic mass is 10.1. The smallest absolute Gasteiger partial charge is 0.255 e. The Hall–Kier alpha value is -2.64. The molecule has 4 heteroatoms. The molecule has 0 fully saturated rings. The van der Waals surface area contributed by atoms with E-state index in [2.05, 4.69) is 17.2 Å². The molecule has 21 heavy (non-hydrogen) atoms. The van der Waals surface area contributed by atoms with Crippen LogP contribution in [0.4, 0.5) is 10.1 Å². The zero-order valence-corrected chi connectivity index (χ0v) is 11.5. The maximum absolute atomic E-state index is 13.2. The quantitative estimate of drug-likeness (QED) is 0.833. The minimum absolute atomic E-state index is 0.251. The molecular weight excluding hydrogens is 269 g/mol. The number of benzene rings is 2. The monoisotopic (exact) mass is 283 g/mol. The zero-order chi connectivity index (χ0) is 15.2. The number of carbonyl (C=O) groups is 1. The van der Waals surface area contributed by atoms with Gasteiger partial charge in [-0.1, -0.05) is 24.0 Å². The summed E-state index contributed by atoms with van der Waals surface area (Å²) in [6.45, 7) is 1.35. The van der Waals surface area contributed by atoms with E-state index in [-0.39, 0.29) is 18.3 Å². The van der Waals surface area contributed by atoms with Gasteiger partial charge in [0.25, 0.3) is 5.91 Å². The lowest BCUT2D eigenvalue weighted by Gasteiger charge is -2.08. The first-order valence-corrected chi connectivity index (χ1v) is 6.38. The van der Waals surface area contributed by atoms with Gasteiger partial charge in [0.2, 0.25) is 0 Å². The highest BCUT2D eigenvalue weighted by molar-refractivity contribution is 6.05. The van der Waals surface area contributed by atoms with E-state index in [0.29, 0.717) is 22.4 Å². The van der Waals surface area contributed by atoms with Crippen molar-refractivity contribution in [2.24, 2.45) is 0 Å². The van der Waals surface area contributed by atoms with Gasteiger partial charge in [-0.2, -0.15) is 0 Å². The van der Waals surface area contributed by atoms with Gasteiger partial charge >= 0.3 is 0 Å². The van der Waals surface area contributed by atoms with Crippen LogP contribution in [-0.2, 0) is 0 Å². The van der Waals surface area contributed by atoms with Gasteiger partial charge in [0.1, 0.15) is 12.4 Å². The van der Waals surface area contributed by atoms with Gasteiger partial charge in [0.05, 0.1) is 5.69 Å². The predicted molar refractivity (Wildman–Crippen MR) is 79.5 cm³/mol. The summed E-state index contributed by atoms with van der Waals surface area (Å²) >= 11 is 0. The molecule has 0 aromatic heterocycles. The number of carbonyl (C=O) groups excluding carboxylic acids is 1. The molecule has 0 bridgehead atoms. The first-order chi connectivity index (χ1) is 10.1. The van der Waals surface area contributed by atoms with Crippen LogP contribution in [0.1, 0.15) is 21.5 Å². The molecule has 0 aliphatic carbocycles. The molecule has 2 rings (SSSR count). The average molecular weight is 283 g/mol. The lowest BCUT2D eigenvalue weighted by molar-refractivity contribution is 0.102. The van der Waals surface area contributed by atoms with Gasteiger partial charge in [0, 0.05) is 11.1 Å². The van der Waals surface area contributed by atoms with Crippen molar-refractivity contribution in [2.45, 2.75) is 6.92 Å². The molecule has 106 valence electrons. The minimum atomic E-state index is -0.347. The number of nitrogens with one attached hydrogen (secondary N) is 1. The third-order valence-corrected chi connectivity index (χ3v) is 2.90. The lowest BCUT2D eigenvalue weighted by Crippen LogP contribution is -2.13. The molecule has 2 aromatic carbocycles. The third-order valence-electron chi connectivity index (χ3n) is 2.90. The maximum atomic E-state index is 13.2. The SMILES string of the molecule is Cc1cc(C(=O)Nc2ccccc2C#CCO)ccc1F. The number of anilines is 1. The standard InChI is InChI=1S/C17H14FNO2/c1-12-11-14(8-9-15(12)18)17(21)19-16-7-3-2-5-13(16)6-4-10-20/h2-3,5,7-9,11,20H,10H2,1H3,(H,19,21). The fraction of sp³-hybridized carbons (Fsp3) is 0.118. The number of para-hydroxylation sites is 1. The van der Waals surface area contributed by atoms with E-state index < -0.39 is 0 Å². The van der Waals surface area contributed by atoms with Crippen molar-refractivity contribution in [3.8, 4) is 11.8 Å². The highest BCUT2D eigenvalue weighted by atomic mass is 19.1. The van der Waals surface area contributed by atoms with E-state index in [1.54, 1.807) is 31.2 Å². The number of halogens is 1. The van der Waals surface area contributed by atoms with E-state index in [1.807, 2.05) is 0 Å². The second kappa shape index (κ2) is 6.69. The summed E-state index contributed by atoms with van der Waals surface area (Å²) < 4.78 is 13.2. The molecule has 0 heterocycles. The Morgan fingerprint density at radius 3 is 2.76 bits per heavy atom. The number of rotatable bonds is 2. The fourth-order valence-electron chi connectivity index (χ4n) is 1.82. The van der Waals surface area contributed by atoms with Gasteiger partial charge in [-0.15, -0.1) is 0 Å². The summed E-state index contributed by atoms with van der Waals surface area (Å²) in [5.41, 5.74) is 1.94. The van der Waals surface area contributed by atoms with Crippen molar-refractivity contribution in [2.75, 3.05) is 11.9 Å². The summed E-state index contributed by atoms with van der Waals surface area (Å²) in [5.74, 6) is 4.62. The van der Waals surface area contributed by atoms with Crippen LogP contribution in [-0.4, -0.2) is 17.6 Å². The van der Waals surface area contributed by atoms with Crippen molar-refractivity contribution in [3.63, 3.8) is 0 Å². The Labute approximate surface area is 122 Å².